The number of benzene rings is 1. The molecule has 106 valence electrons. The standard InChI is InChI=1S/C14H16N4O.ClH/c1-9(12-7-16-17-8-12)18-14(19)11-2-3-13-10(6-11)4-5-15-13;/h2-3,6-9,15H,4-5H2,1H3,(H,16,17)(H,18,19);1H. The highest BCUT2D eigenvalue weighted by molar-refractivity contribution is 5.95. The van der Waals surface area contributed by atoms with Crippen molar-refractivity contribution in [1.29, 1.82) is 0 Å². The van der Waals surface area contributed by atoms with E-state index in [0.29, 0.717) is 5.56 Å². The molecule has 2 aromatic rings. The smallest absolute Gasteiger partial charge is 0.251 e. The maximum Gasteiger partial charge on any atom is 0.251 e. The van der Waals surface area contributed by atoms with Gasteiger partial charge >= 0.3 is 0 Å². The fraction of sp³-hybridized carbons (Fsp3) is 0.286. The molecule has 0 saturated carbocycles. The van der Waals surface area contributed by atoms with Crippen LogP contribution in [-0.2, 0) is 6.42 Å². The van der Waals surface area contributed by atoms with Crippen molar-refractivity contribution in [3.8, 4) is 0 Å². The topological polar surface area (TPSA) is 69.8 Å². The van der Waals surface area contributed by atoms with Crippen molar-refractivity contribution in [3.63, 3.8) is 0 Å². The van der Waals surface area contributed by atoms with E-state index in [4.69, 9.17) is 0 Å². The van der Waals surface area contributed by atoms with Crippen LogP contribution < -0.4 is 10.6 Å². The number of rotatable bonds is 3. The minimum atomic E-state index is -0.0578. The van der Waals surface area contributed by atoms with E-state index in [9.17, 15) is 4.79 Å². The van der Waals surface area contributed by atoms with Crippen molar-refractivity contribution in [2.24, 2.45) is 0 Å². The van der Waals surface area contributed by atoms with Gasteiger partial charge < -0.3 is 10.6 Å². The number of fused-ring (bicyclic) bond motifs is 1. The first kappa shape index (κ1) is 14.4. The second kappa shape index (κ2) is 5.96. The Morgan fingerprint density at radius 1 is 1.45 bits per heavy atom. The summed E-state index contributed by atoms with van der Waals surface area (Å²) in [5.41, 5.74) is 4.03. The summed E-state index contributed by atoms with van der Waals surface area (Å²) in [6.07, 6.45) is 4.49. The van der Waals surface area contributed by atoms with Crippen molar-refractivity contribution < 1.29 is 4.79 Å². The first-order valence-electron chi connectivity index (χ1n) is 6.40. The van der Waals surface area contributed by atoms with Crippen molar-refractivity contribution in [1.82, 2.24) is 15.5 Å². The second-order valence-corrected chi connectivity index (χ2v) is 4.78. The molecule has 3 rings (SSSR count). The summed E-state index contributed by atoms with van der Waals surface area (Å²) in [5, 5.41) is 12.9. The maximum atomic E-state index is 12.2. The fourth-order valence-electron chi connectivity index (χ4n) is 2.31. The van der Waals surface area contributed by atoms with E-state index in [2.05, 4.69) is 20.8 Å². The van der Waals surface area contributed by atoms with E-state index in [1.807, 2.05) is 25.1 Å². The predicted molar refractivity (Wildman–Crippen MR) is 80.4 cm³/mol. The number of nitrogens with one attached hydrogen (secondary N) is 3. The van der Waals surface area contributed by atoms with Crippen LogP contribution in [0.15, 0.2) is 30.6 Å². The van der Waals surface area contributed by atoms with E-state index >= 15 is 0 Å². The zero-order valence-corrected chi connectivity index (χ0v) is 12.0. The quantitative estimate of drug-likeness (QED) is 0.813. The number of hydrogen-bond donors (Lipinski definition) is 3. The Balaban J connectivity index is 0.00000147. The molecule has 0 bridgehead atoms. The highest BCUT2D eigenvalue weighted by atomic mass is 35.5. The number of carbonyl (C=O) groups excluding carboxylic acids is 1. The van der Waals surface area contributed by atoms with E-state index in [-0.39, 0.29) is 24.4 Å². The molecule has 2 heterocycles. The summed E-state index contributed by atoms with van der Waals surface area (Å²) < 4.78 is 0. The van der Waals surface area contributed by atoms with Gasteiger partial charge in [0.25, 0.3) is 5.91 Å². The van der Waals surface area contributed by atoms with Gasteiger partial charge in [0.2, 0.25) is 0 Å². The van der Waals surface area contributed by atoms with E-state index < -0.39 is 0 Å². The Morgan fingerprint density at radius 3 is 3.05 bits per heavy atom. The van der Waals surface area contributed by atoms with Crippen LogP contribution in [0.25, 0.3) is 0 Å². The molecule has 5 nitrogen and oxygen atoms in total. The van der Waals surface area contributed by atoms with Crippen LogP contribution >= 0.6 is 12.4 Å². The summed E-state index contributed by atoms with van der Waals surface area (Å²) in [4.78, 5) is 12.2. The van der Waals surface area contributed by atoms with Gasteiger partial charge in [-0.3, -0.25) is 9.89 Å². The summed E-state index contributed by atoms with van der Waals surface area (Å²) in [6, 6.07) is 5.74. The zero-order chi connectivity index (χ0) is 13.2. The van der Waals surface area contributed by atoms with Crippen molar-refractivity contribution in [2.75, 3.05) is 11.9 Å². The average Bonchev–Trinajstić information content (AvgIpc) is 3.09. The van der Waals surface area contributed by atoms with Gasteiger partial charge in [-0.2, -0.15) is 5.10 Å². The number of hydrogen-bond acceptors (Lipinski definition) is 3. The van der Waals surface area contributed by atoms with Gasteiger partial charge in [0.1, 0.15) is 0 Å². The van der Waals surface area contributed by atoms with Crippen LogP contribution in [0.4, 0.5) is 5.69 Å². The van der Waals surface area contributed by atoms with Crippen LogP contribution in [-0.4, -0.2) is 22.6 Å². The van der Waals surface area contributed by atoms with Gasteiger partial charge in [-0.05, 0) is 37.1 Å². The Morgan fingerprint density at radius 2 is 2.30 bits per heavy atom. The highest BCUT2D eigenvalue weighted by Crippen LogP contribution is 2.23. The molecule has 1 aromatic heterocycles. The van der Waals surface area contributed by atoms with Crippen LogP contribution in [0.3, 0.4) is 0 Å². The molecule has 0 spiro atoms. The van der Waals surface area contributed by atoms with Crippen LogP contribution in [0.1, 0.15) is 34.5 Å². The van der Waals surface area contributed by atoms with Gasteiger partial charge in [-0.1, -0.05) is 0 Å². The molecule has 0 saturated heterocycles. The van der Waals surface area contributed by atoms with Gasteiger partial charge in [0.15, 0.2) is 0 Å². The zero-order valence-electron chi connectivity index (χ0n) is 11.1. The Bertz CT molecular complexity index is 597. The molecule has 0 fully saturated rings. The van der Waals surface area contributed by atoms with Crippen molar-refractivity contribution in [2.45, 2.75) is 19.4 Å². The number of halogens is 1. The molecule has 1 aliphatic rings. The van der Waals surface area contributed by atoms with Crippen LogP contribution in [0.5, 0.6) is 0 Å². The first-order chi connectivity index (χ1) is 9.24. The van der Waals surface area contributed by atoms with Crippen molar-refractivity contribution in [3.05, 3.63) is 47.3 Å². The minimum Gasteiger partial charge on any atom is -0.384 e. The SMILES string of the molecule is CC(NC(=O)c1ccc2c(c1)CCN2)c1cn[nH]c1.Cl. The predicted octanol–water partition coefficient (Wildman–Crippen LogP) is 2.29. The second-order valence-electron chi connectivity index (χ2n) is 4.78. The average molecular weight is 293 g/mol. The van der Waals surface area contributed by atoms with Crippen LogP contribution in [0.2, 0.25) is 0 Å². The molecular weight excluding hydrogens is 276 g/mol. The fourth-order valence-corrected chi connectivity index (χ4v) is 2.31. The molecule has 0 radical (unpaired) electrons. The summed E-state index contributed by atoms with van der Waals surface area (Å²) in [6.45, 7) is 2.89. The Kier molecular flexibility index (Phi) is 4.29. The van der Waals surface area contributed by atoms with Gasteiger partial charge in [0, 0.05) is 29.6 Å². The van der Waals surface area contributed by atoms with Gasteiger partial charge in [-0.15, -0.1) is 12.4 Å². The van der Waals surface area contributed by atoms with Crippen LogP contribution in [0, 0.1) is 0 Å². The lowest BCUT2D eigenvalue weighted by Gasteiger charge is -2.12. The molecule has 1 atom stereocenters. The van der Waals surface area contributed by atoms with E-state index in [1.165, 1.54) is 5.56 Å². The number of nitrogens with zero attached hydrogens (tertiary/aromatic N) is 1. The summed E-state index contributed by atoms with van der Waals surface area (Å²) in [5.74, 6) is -0.0524. The Labute approximate surface area is 123 Å². The number of H-pyrrole nitrogens is 1. The van der Waals surface area contributed by atoms with E-state index in [0.717, 1.165) is 24.2 Å². The molecular formula is C14H17ClN4O. The minimum absolute atomic E-state index is 0. The molecule has 1 aliphatic heterocycles. The lowest BCUT2D eigenvalue weighted by atomic mass is 10.1. The largest absolute Gasteiger partial charge is 0.384 e. The molecule has 20 heavy (non-hydrogen) atoms. The third-order valence-electron chi connectivity index (χ3n) is 3.44. The molecule has 3 N–H and O–H groups in total. The molecule has 1 amide bonds. The van der Waals surface area contributed by atoms with E-state index in [1.54, 1.807) is 12.4 Å². The lowest BCUT2D eigenvalue weighted by molar-refractivity contribution is 0.0940. The highest BCUT2D eigenvalue weighted by Gasteiger charge is 2.15. The third-order valence-corrected chi connectivity index (χ3v) is 3.44. The lowest BCUT2D eigenvalue weighted by Crippen LogP contribution is -2.26. The summed E-state index contributed by atoms with van der Waals surface area (Å²) >= 11 is 0. The number of aromatic amines is 1. The number of carbonyl (C=O) groups is 1. The normalized spacial score (nSPS) is 13.8. The Hall–Kier alpha value is -2.01. The number of amides is 1. The number of anilines is 1. The molecule has 0 aliphatic carbocycles. The maximum absolute atomic E-state index is 12.2. The summed E-state index contributed by atoms with van der Waals surface area (Å²) in [7, 11) is 0. The first-order valence-corrected chi connectivity index (χ1v) is 6.40. The molecule has 6 heteroatoms. The number of aromatic nitrogens is 2. The third kappa shape index (κ3) is 2.77. The monoisotopic (exact) mass is 292 g/mol. The van der Waals surface area contributed by atoms with Gasteiger partial charge in [-0.25, -0.2) is 0 Å². The molecule has 1 aromatic carbocycles. The molecule has 1 unspecified atom stereocenters. The van der Waals surface area contributed by atoms with Crippen molar-refractivity contribution >= 4 is 24.0 Å². The van der Waals surface area contributed by atoms with Gasteiger partial charge in [0.05, 0.1) is 12.2 Å².